The molecule has 1 amide bonds. The van der Waals surface area contributed by atoms with E-state index >= 15 is 0 Å². The number of amides is 1. The Morgan fingerprint density at radius 1 is 1.50 bits per heavy atom. The molecule has 0 fully saturated rings. The van der Waals surface area contributed by atoms with Crippen molar-refractivity contribution in [3.63, 3.8) is 0 Å². The Morgan fingerprint density at radius 2 is 2.29 bits per heavy atom. The number of aryl methyl sites for hydroxylation is 1. The van der Waals surface area contributed by atoms with Gasteiger partial charge in [0.1, 0.15) is 0 Å². The van der Waals surface area contributed by atoms with Crippen molar-refractivity contribution >= 4 is 23.2 Å². The van der Waals surface area contributed by atoms with Crippen LogP contribution in [0, 0.1) is 0 Å². The fraction of sp³-hybridized carbons (Fsp3) is 0.364. The van der Waals surface area contributed by atoms with E-state index in [0.29, 0.717) is 6.42 Å². The number of halogens is 1. The molecule has 2 nitrogen and oxygen atoms in total. The minimum absolute atomic E-state index is 0.0599. The molecule has 14 heavy (non-hydrogen) atoms. The molecular weight excluding hydrogens is 198 g/mol. The Kier molecular flexibility index (Phi) is 2.46. The summed E-state index contributed by atoms with van der Waals surface area (Å²) in [4.78, 5) is 11.1. The summed E-state index contributed by atoms with van der Waals surface area (Å²) in [6, 6.07) is 3.89. The Morgan fingerprint density at radius 3 is 3.00 bits per heavy atom. The maximum absolute atomic E-state index is 11.1. The minimum atomic E-state index is 0.0599. The van der Waals surface area contributed by atoms with E-state index in [-0.39, 0.29) is 5.91 Å². The van der Waals surface area contributed by atoms with Crippen LogP contribution in [-0.2, 0) is 17.6 Å². The third-order valence-corrected chi connectivity index (χ3v) is 2.77. The second-order valence-corrected chi connectivity index (χ2v) is 3.98. The average molecular weight is 210 g/mol. The van der Waals surface area contributed by atoms with Gasteiger partial charge in [-0.1, -0.05) is 31.0 Å². The zero-order valence-electron chi connectivity index (χ0n) is 8.06. The van der Waals surface area contributed by atoms with Gasteiger partial charge in [-0.2, -0.15) is 0 Å². The summed E-state index contributed by atoms with van der Waals surface area (Å²) in [5.74, 6) is 0.0599. The van der Waals surface area contributed by atoms with E-state index in [9.17, 15) is 4.79 Å². The smallest absolute Gasteiger partial charge is 0.228 e. The molecule has 0 aromatic heterocycles. The van der Waals surface area contributed by atoms with Gasteiger partial charge in [0.15, 0.2) is 0 Å². The Labute approximate surface area is 88.3 Å². The number of hydrogen-bond donors (Lipinski definition) is 1. The van der Waals surface area contributed by atoms with E-state index in [1.807, 2.05) is 12.1 Å². The first kappa shape index (κ1) is 9.53. The lowest BCUT2D eigenvalue weighted by Gasteiger charge is -2.05. The number of carbonyl (C=O) groups excluding carboxylic acids is 1. The quantitative estimate of drug-likeness (QED) is 0.798. The van der Waals surface area contributed by atoms with Gasteiger partial charge in [0.2, 0.25) is 5.91 Å². The maximum Gasteiger partial charge on any atom is 0.228 e. The Hall–Kier alpha value is -1.02. The molecule has 1 aliphatic heterocycles. The molecule has 0 unspecified atom stereocenters. The van der Waals surface area contributed by atoms with Gasteiger partial charge >= 0.3 is 0 Å². The van der Waals surface area contributed by atoms with Gasteiger partial charge in [0.25, 0.3) is 0 Å². The molecule has 1 N–H and O–H groups in total. The molecule has 2 rings (SSSR count). The van der Waals surface area contributed by atoms with E-state index in [4.69, 9.17) is 11.6 Å². The zero-order valence-corrected chi connectivity index (χ0v) is 8.82. The molecular formula is C11H12ClNO. The van der Waals surface area contributed by atoms with Crippen molar-refractivity contribution in [1.29, 1.82) is 0 Å². The first-order chi connectivity index (χ1) is 6.70. The molecule has 0 spiro atoms. The topological polar surface area (TPSA) is 29.1 Å². The number of carbonyl (C=O) groups is 1. The van der Waals surface area contributed by atoms with Crippen LogP contribution >= 0.6 is 11.6 Å². The summed E-state index contributed by atoms with van der Waals surface area (Å²) in [7, 11) is 0. The fourth-order valence-electron chi connectivity index (χ4n) is 1.76. The third-order valence-electron chi connectivity index (χ3n) is 2.42. The minimum Gasteiger partial charge on any atom is -0.325 e. The van der Waals surface area contributed by atoms with Crippen LogP contribution in [0.15, 0.2) is 12.1 Å². The molecule has 1 aliphatic rings. The van der Waals surface area contributed by atoms with Gasteiger partial charge in [0, 0.05) is 10.7 Å². The number of anilines is 1. The van der Waals surface area contributed by atoms with Crippen LogP contribution in [0.25, 0.3) is 0 Å². The number of hydrogen-bond acceptors (Lipinski definition) is 1. The lowest BCUT2D eigenvalue weighted by atomic mass is 10.0. The van der Waals surface area contributed by atoms with Gasteiger partial charge in [-0.05, 0) is 23.6 Å². The highest BCUT2D eigenvalue weighted by Gasteiger charge is 2.18. The monoisotopic (exact) mass is 209 g/mol. The van der Waals surface area contributed by atoms with Gasteiger partial charge in [0.05, 0.1) is 6.42 Å². The third kappa shape index (κ3) is 1.62. The summed E-state index contributed by atoms with van der Waals surface area (Å²) in [6.07, 6.45) is 2.53. The molecule has 1 heterocycles. The standard InChI is InChI=1S/C11H12ClNO/c1-2-3-7-4-8-5-11(14)13-10(8)6-9(7)12/h4,6H,2-3,5H2,1H3,(H,13,14). The van der Waals surface area contributed by atoms with E-state index < -0.39 is 0 Å². The van der Waals surface area contributed by atoms with Crippen LogP contribution < -0.4 is 5.32 Å². The number of benzene rings is 1. The highest BCUT2D eigenvalue weighted by molar-refractivity contribution is 6.31. The lowest BCUT2D eigenvalue weighted by molar-refractivity contribution is -0.115. The molecule has 0 saturated heterocycles. The number of rotatable bonds is 2. The molecule has 1 aromatic carbocycles. The molecule has 0 radical (unpaired) electrons. The first-order valence-corrected chi connectivity index (χ1v) is 5.19. The number of nitrogens with one attached hydrogen (secondary N) is 1. The first-order valence-electron chi connectivity index (χ1n) is 4.82. The SMILES string of the molecule is CCCc1cc2c(cc1Cl)NC(=O)C2. The van der Waals surface area contributed by atoms with Crippen molar-refractivity contribution in [1.82, 2.24) is 0 Å². The largest absolute Gasteiger partial charge is 0.325 e. The molecule has 1 aromatic rings. The second-order valence-electron chi connectivity index (χ2n) is 3.58. The van der Waals surface area contributed by atoms with Gasteiger partial charge in [-0.3, -0.25) is 4.79 Å². The molecule has 0 atom stereocenters. The second kappa shape index (κ2) is 3.62. The predicted molar refractivity (Wildman–Crippen MR) is 57.8 cm³/mol. The molecule has 0 saturated carbocycles. The van der Waals surface area contributed by atoms with E-state index in [1.165, 1.54) is 0 Å². The summed E-state index contributed by atoms with van der Waals surface area (Å²) in [5.41, 5.74) is 3.09. The van der Waals surface area contributed by atoms with Crippen molar-refractivity contribution in [2.75, 3.05) is 5.32 Å². The maximum atomic E-state index is 11.1. The summed E-state index contributed by atoms with van der Waals surface area (Å²) >= 11 is 6.08. The summed E-state index contributed by atoms with van der Waals surface area (Å²) in [6.45, 7) is 2.12. The summed E-state index contributed by atoms with van der Waals surface area (Å²) < 4.78 is 0. The number of fused-ring (bicyclic) bond motifs is 1. The van der Waals surface area contributed by atoms with E-state index in [2.05, 4.69) is 12.2 Å². The highest BCUT2D eigenvalue weighted by atomic mass is 35.5. The van der Waals surface area contributed by atoms with Crippen molar-refractivity contribution in [2.24, 2.45) is 0 Å². The van der Waals surface area contributed by atoms with E-state index in [1.54, 1.807) is 0 Å². The zero-order chi connectivity index (χ0) is 10.1. The van der Waals surface area contributed by atoms with Crippen molar-refractivity contribution in [3.05, 3.63) is 28.3 Å². The van der Waals surface area contributed by atoms with Gasteiger partial charge in [-0.15, -0.1) is 0 Å². The molecule has 74 valence electrons. The van der Waals surface area contributed by atoms with E-state index in [0.717, 1.165) is 34.7 Å². The van der Waals surface area contributed by atoms with Gasteiger partial charge < -0.3 is 5.32 Å². The van der Waals surface area contributed by atoms with Crippen LogP contribution in [-0.4, -0.2) is 5.91 Å². The van der Waals surface area contributed by atoms with Crippen molar-refractivity contribution < 1.29 is 4.79 Å². The normalized spacial score (nSPS) is 14.0. The average Bonchev–Trinajstić information content (AvgIpc) is 2.45. The molecule has 3 heteroatoms. The van der Waals surface area contributed by atoms with Gasteiger partial charge in [-0.25, -0.2) is 0 Å². The Balaban J connectivity index is 2.39. The summed E-state index contributed by atoms with van der Waals surface area (Å²) in [5, 5.41) is 3.54. The van der Waals surface area contributed by atoms with Crippen LogP contribution in [0.2, 0.25) is 5.02 Å². The fourth-order valence-corrected chi connectivity index (χ4v) is 2.02. The highest BCUT2D eigenvalue weighted by Crippen LogP contribution is 2.30. The Bertz CT molecular complexity index is 387. The molecule has 0 bridgehead atoms. The van der Waals surface area contributed by atoms with Crippen LogP contribution in [0.3, 0.4) is 0 Å². The predicted octanol–water partition coefficient (Wildman–Crippen LogP) is 2.79. The molecule has 0 aliphatic carbocycles. The van der Waals surface area contributed by atoms with Crippen molar-refractivity contribution in [3.8, 4) is 0 Å². The van der Waals surface area contributed by atoms with Crippen LogP contribution in [0.4, 0.5) is 5.69 Å². The lowest BCUT2D eigenvalue weighted by Crippen LogP contribution is -2.03. The van der Waals surface area contributed by atoms with Crippen LogP contribution in [0.1, 0.15) is 24.5 Å². The van der Waals surface area contributed by atoms with Crippen LogP contribution in [0.5, 0.6) is 0 Å². The van der Waals surface area contributed by atoms with Crippen molar-refractivity contribution in [2.45, 2.75) is 26.2 Å².